The number of hydrogen-bond acceptors (Lipinski definition) is 6. The highest BCUT2D eigenvalue weighted by Gasteiger charge is 2.36. The zero-order chi connectivity index (χ0) is 19.1. The maximum Gasteiger partial charge on any atom is 0.276 e. The number of rotatable bonds is 3. The summed E-state index contributed by atoms with van der Waals surface area (Å²) >= 11 is 0. The highest BCUT2D eigenvalue weighted by atomic mass is 16.7. The van der Waals surface area contributed by atoms with Crippen molar-refractivity contribution >= 4 is 17.5 Å². The number of anilines is 1. The lowest BCUT2D eigenvalue weighted by atomic mass is 10.1. The van der Waals surface area contributed by atoms with Crippen LogP contribution in [0.15, 0.2) is 65.3 Å². The molecule has 5 rings (SSSR count). The second-order valence-corrected chi connectivity index (χ2v) is 6.29. The number of furan rings is 1. The van der Waals surface area contributed by atoms with Crippen LogP contribution in [0.2, 0.25) is 0 Å². The van der Waals surface area contributed by atoms with Crippen molar-refractivity contribution in [3.8, 4) is 11.5 Å². The average molecular weight is 377 g/mol. The molecule has 8 heteroatoms. The van der Waals surface area contributed by atoms with Gasteiger partial charge < -0.3 is 19.2 Å². The second kappa shape index (κ2) is 6.34. The molecule has 3 aromatic rings. The second-order valence-electron chi connectivity index (χ2n) is 6.29. The van der Waals surface area contributed by atoms with E-state index in [0.29, 0.717) is 34.1 Å². The molecule has 0 unspecified atom stereocenters. The fourth-order valence-corrected chi connectivity index (χ4v) is 3.23. The largest absolute Gasteiger partial charge is 0.465 e. The zero-order valence-electron chi connectivity index (χ0n) is 14.5. The molecule has 0 saturated carbocycles. The summed E-state index contributed by atoms with van der Waals surface area (Å²) in [6.45, 7) is 0.117. The van der Waals surface area contributed by atoms with Crippen molar-refractivity contribution in [3.05, 3.63) is 77.7 Å². The number of hydrogen-bond donors (Lipinski definition) is 2. The Labute approximate surface area is 159 Å². The van der Waals surface area contributed by atoms with E-state index in [1.54, 1.807) is 48.5 Å². The first-order chi connectivity index (χ1) is 13.7. The van der Waals surface area contributed by atoms with Gasteiger partial charge in [-0.15, -0.1) is 0 Å². The van der Waals surface area contributed by atoms with Crippen LogP contribution < -0.4 is 20.2 Å². The minimum atomic E-state index is -0.685. The van der Waals surface area contributed by atoms with E-state index in [4.69, 9.17) is 13.9 Å². The number of carbonyl (C=O) groups is 2. The Morgan fingerprint density at radius 2 is 1.93 bits per heavy atom. The van der Waals surface area contributed by atoms with Crippen LogP contribution in [-0.4, -0.2) is 23.6 Å². The van der Waals surface area contributed by atoms with Crippen LogP contribution in [0.3, 0.4) is 0 Å². The van der Waals surface area contributed by atoms with E-state index < -0.39 is 12.1 Å². The molecule has 1 atom stereocenters. The molecule has 0 radical (unpaired) electrons. The van der Waals surface area contributed by atoms with Gasteiger partial charge in [0, 0.05) is 11.3 Å². The third-order valence-corrected chi connectivity index (χ3v) is 4.60. The lowest BCUT2D eigenvalue weighted by Gasteiger charge is -2.36. The molecule has 2 aliphatic rings. The summed E-state index contributed by atoms with van der Waals surface area (Å²) in [7, 11) is 0. The van der Waals surface area contributed by atoms with Crippen LogP contribution >= 0.6 is 0 Å². The zero-order valence-corrected chi connectivity index (χ0v) is 14.5. The number of nitrogens with zero attached hydrogens (tertiary/aromatic N) is 1. The fourth-order valence-electron chi connectivity index (χ4n) is 3.23. The molecule has 3 heterocycles. The molecule has 140 valence electrons. The molecule has 2 aromatic carbocycles. The third-order valence-electron chi connectivity index (χ3n) is 4.60. The Morgan fingerprint density at radius 3 is 2.79 bits per heavy atom. The first kappa shape index (κ1) is 16.2. The van der Waals surface area contributed by atoms with Gasteiger partial charge in [0.1, 0.15) is 5.76 Å². The van der Waals surface area contributed by atoms with E-state index in [1.165, 1.54) is 11.3 Å². The minimum Gasteiger partial charge on any atom is -0.465 e. The Hall–Kier alpha value is -3.94. The Balaban J connectivity index is 1.47. The maximum absolute atomic E-state index is 13.1. The average Bonchev–Trinajstić information content (AvgIpc) is 3.41. The standard InChI is InChI=1S/C20H15N3O5/c24-19(12-7-8-15-17(10-12)28-11-27-15)22-23-18(16-6-3-9-26-16)21-14-5-2-1-4-13(14)20(23)25/h1-10,18,21H,11H2,(H,22,24)/t18-/m1/s1. The Bertz CT molecular complexity index is 1060. The molecule has 0 bridgehead atoms. The summed E-state index contributed by atoms with van der Waals surface area (Å²) in [6.07, 6.45) is 0.829. The number of para-hydroxylation sites is 1. The Kier molecular flexibility index (Phi) is 3.68. The van der Waals surface area contributed by atoms with E-state index in [2.05, 4.69) is 10.7 Å². The van der Waals surface area contributed by atoms with Gasteiger partial charge >= 0.3 is 0 Å². The first-order valence-corrected chi connectivity index (χ1v) is 8.64. The van der Waals surface area contributed by atoms with Crippen molar-refractivity contribution in [2.24, 2.45) is 0 Å². The lowest BCUT2D eigenvalue weighted by Crippen LogP contribution is -2.52. The molecule has 0 saturated heterocycles. The van der Waals surface area contributed by atoms with Gasteiger partial charge in [-0.3, -0.25) is 15.0 Å². The molecule has 28 heavy (non-hydrogen) atoms. The van der Waals surface area contributed by atoms with Gasteiger partial charge in [0.15, 0.2) is 17.7 Å². The van der Waals surface area contributed by atoms with E-state index in [-0.39, 0.29) is 12.7 Å². The monoisotopic (exact) mass is 377 g/mol. The molecular weight excluding hydrogens is 362 g/mol. The van der Waals surface area contributed by atoms with Gasteiger partial charge in [-0.1, -0.05) is 12.1 Å². The SMILES string of the molecule is O=C(NN1C(=O)c2ccccc2N[C@H]1c1ccco1)c1ccc2c(c1)OCO2. The molecule has 1 aromatic heterocycles. The molecule has 0 fully saturated rings. The van der Waals surface area contributed by atoms with Gasteiger partial charge in [0.2, 0.25) is 6.79 Å². The van der Waals surface area contributed by atoms with E-state index >= 15 is 0 Å². The molecule has 0 aliphatic carbocycles. The smallest absolute Gasteiger partial charge is 0.276 e. The van der Waals surface area contributed by atoms with Crippen LogP contribution in [0.25, 0.3) is 0 Å². The van der Waals surface area contributed by atoms with Crippen molar-refractivity contribution in [2.45, 2.75) is 6.17 Å². The van der Waals surface area contributed by atoms with Crippen LogP contribution in [0, 0.1) is 0 Å². The fraction of sp³-hybridized carbons (Fsp3) is 0.100. The number of ether oxygens (including phenoxy) is 2. The number of fused-ring (bicyclic) bond motifs is 2. The summed E-state index contributed by atoms with van der Waals surface area (Å²) in [5.74, 6) is 0.765. The molecule has 2 aliphatic heterocycles. The van der Waals surface area contributed by atoms with Gasteiger partial charge in [0.25, 0.3) is 11.8 Å². The molecular formula is C20H15N3O5. The maximum atomic E-state index is 13.1. The van der Waals surface area contributed by atoms with Crippen molar-refractivity contribution in [1.29, 1.82) is 0 Å². The molecule has 0 spiro atoms. The highest BCUT2D eigenvalue weighted by molar-refractivity contribution is 6.04. The van der Waals surface area contributed by atoms with Crippen molar-refractivity contribution in [3.63, 3.8) is 0 Å². The van der Waals surface area contributed by atoms with Gasteiger partial charge in [0.05, 0.1) is 11.8 Å². The third kappa shape index (κ3) is 2.62. The number of amides is 2. The van der Waals surface area contributed by atoms with Crippen LogP contribution in [0.5, 0.6) is 11.5 Å². The quantitative estimate of drug-likeness (QED) is 0.729. The number of nitrogens with one attached hydrogen (secondary N) is 2. The summed E-state index contributed by atoms with van der Waals surface area (Å²) in [4.78, 5) is 25.9. The van der Waals surface area contributed by atoms with Gasteiger partial charge in [-0.2, -0.15) is 0 Å². The topological polar surface area (TPSA) is 93.0 Å². The van der Waals surface area contributed by atoms with Gasteiger partial charge in [-0.05, 0) is 42.5 Å². The number of benzene rings is 2. The lowest BCUT2D eigenvalue weighted by molar-refractivity contribution is 0.0467. The van der Waals surface area contributed by atoms with E-state index in [1.807, 2.05) is 6.07 Å². The van der Waals surface area contributed by atoms with Crippen molar-refractivity contribution in [1.82, 2.24) is 10.4 Å². The van der Waals surface area contributed by atoms with Crippen LogP contribution in [0.4, 0.5) is 5.69 Å². The summed E-state index contributed by atoms with van der Waals surface area (Å²) in [6, 6.07) is 15.4. The predicted molar refractivity (Wildman–Crippen MR) is 97.7 cm³/mol. The highest BCUT2D eigenvalue weighted by Crippen LogP contribution is 2.34. The van der Waals surface area contributed by atoms with Crippen molar-refractivity contribution in [2.75, 3.05) is 12.1 Å². The summed E-state index contributed by atoms with van der Waals surface area (Å²) in [5.41, 5.74) is 4.15. The first-order valence-electron chi connectivity index (χ1n) is 8.64. The van der Waals surface area contributed by atoms with Crippen LogP contribution in [-0.2, 0) is 0 Å². The predicted octanol–water partition coefficient (Wildman–Crippen LogP) is 2.92. The number of carbonyl (C=O) groups excluding carboxylic acids is 2. The molecule has 2 amide bonds. The number of hydrazine groups is 1. The van der Waals surface area contributed by atoms with Crippen molar-refractivity contribution < 1.29 is 23.5 Å². The Morgan fingerprint density at radius 1 is 1.07 bits per heavy atom. The van der Waals surface area contributed by atoms with E-state index in [0.717, 1.165) is 0 Å². The molecule has 8 nitrogen and oxygen atoms in total. The summed E-state index contributed by atoms with van der Waals surface area (Å²) < 4.78 is 16.1. The molecule has 2 N–H and O–H groups in total. The van der Waals surface area contributed by atoms with Gasteiger partial charge in [-0.25, -0.2) is 5.01 Å². The minimum absolute atomic E-state index is 0.117. The normalized spacial score (nSPS) is 17.1. The summed E-state index contributed by atoms with van der Waals surface area (Å²) in [5, 5.41) is 4.46. The van der Waals surface area contributed by atoms with Crippen LogP contribution in [0.1, 0.15) is 32.6 Å². The van der Waals surface area contributed by atoms with E-state index in [9.17, 15) is 9.59 Å².